The van der Waals surface area contributed by atoms with Crippen LogP contribution in [0, 0.1) is 11.8 Å². The van der Waals surface area contributed by atoms with E-state index in [9.17, 15) is 19.5 Å². The van der Waals surface area contributed by atoms with Crippen molar-refractivity contribution >= 4 is 41.0 Å². The first-order chi connectivity index (χ1) is 10.9. The molecule has 8 heteroatoms. The van der Waals surface area contributed by atoms with Gasteiger partial charge in [-0.15, -0.1) is 0 Å². The van der Waals surface area contributed by atoms with Crippen molar-refractivity contribution in [3.8, 4) is 0 Å². The van der Waals surface area contributed by atoms with Crippen molar-refractivity contribution < 1.29 is 19.5 Å². The van der Waals surface area contributed by atoms with Crippen molar-refractivity contribution in [3.63, 3.8) is 0 Å². The minimum absolute atomic E-state index is 0.158. The molecule has 0 saturated heterocycles. The Kier molecular flexibility index (Phi) is 5.85. The molecule has 1 aromatic carbocycles. The summed E-state index contributed by atoms with van der Waals surface area (Å²) in [4.78, 5) is 35.4. The van der Waals surface area contributed by atoms with Crippen molar-refractivity contribution in [2.45, 2.75) is 25.7 Å². The molecule has 0 unspecified atom stereocenters. The Bertz CT molecular complexity index is 636. The molecule has 1 aliphatic carbocycles. The summed E-state index contributed by atoms with van der Waals surface area (Å²) in [6, 6.07) is 4.36. The summed E-state index contributed by atoms with van der Waals surface area (Å²) in [5.41, 5.74) is 4.70. The number of hydrogen-bond acceptors (Lipinski definition) is 3. The molecule has 0 bridgehead atoms. The molecule has 3 N–H and O–H groups in total. The predicted octanol–water partition coefficient (Wildman–Crippen LogP) is 2.65. The molecule has 1 fully saturated rings. The van der Waals surface area contributed by atoms with Gasteiger partial charge in [0.1, 0.15) is 0 Å². The Balaban J connectivity index is 1.97. The van der Waals surface area contributed by atoms with Crippen LogP contribution in [-0.4, -0.2) is 22.9 Å². The number of nitrogens with one attached hydrogen (secondary N) is 2. The van der Waals surface area contributed by atoms with Crippen LogP contribution >= 0.6 is 23.2 Å². The maximum Gasteiger partial charge on any atom is 0.307 e. The van der Waals surface area contributed by atoms with Gasteiger partial charge in [-0.25, -0.2) is 0 Å². The van der Waals surface area contributed by atoms with Gasteiger partial charge in [-0.1, -0.05) is 36.0 Å². The van der Waals surface area contributed by atoms with E-state index < -0.39 is 29.6 Å². The fourth-order valence-electron chi connectivity index (χ4n) is 2.69. The number of hydrazine groups is 1. The maximum atomic E-state index is 12.1. The molecule has 2 rings (SSSR count). The molecular formula is C15H16Cl2N2O4. The SMILES string of the molecule is O=C(NNC(=O)[C@@H]1CCCC[C@@H]1C(=O)O)c1ccc(Cl)cc1Cl. The number of rotatable bonds is 3. The molecule has 2 atom stereocenters. The molecule has 0 spiro atoms. The molecule has 1 aromatic rings. The first-order valence-corrected chi connectivity index (χ1v) is 7.94. The second-order valence-corrected chi connectivity index (χ2v) is 6.25. The van der Waals surface area contributed by atoms with Gasteiger partial charge >= 0.3 is 5.97 Å². The van der Waals surface area contributed by atoms with E-state index in [4.69, 9.17) is 23.2 Å². The molecule has 0 radical (unpaired) electrons. The van der Waals surface area contributed by atoms with Gasteiger partial charge in [-0.3, -0.25) is 25.2 Å². The Hall–Kier alpha value is -1.79. The van der Waals surface area contributed by atoms with Gasteiger partial charge in [0.15, 0.2) is 0 Å². The van der Waals surface area contributed by atoms with Crippen LogP contribution in [0.3, 0.4) is 0 Å². The third-order valence-electron chi connectivity index (χ3n) is 3.89. The monoisotopic (exact) mass is 358 g/mol. The van der Waals surface area contributed by atoms with Crippen molar-refractivity contribution in [2.75, 3.05) is 0 Å². The summed E-state index contributed by atoms with van der Waals surface area (Å²) in [6.45, 7) is 0. The van der Waals surface area contributed by atoms with E-state index in [0.29, 0.717) is 17.9 Å². The molecule has 124 valence electrons. The van der Waals surface area contributed by atoms with Gasteiger partial charge in [0.05, 0.1) is 22.4 Å². The molecule has 23 heavy (non-hydrogen) atoms. The number of amides is 2. The summed E-state index contributed by atoms with van der Waals surface area (Å²) >= 11 is 11.7. The van der Waals surface area contributed by atoms with Crippen LogP contribution in [0.25, 0.3) is 0 Å². The number of carbonyl (C=O) groups is 3. The molecular weight excluding hydrogens is 343 g/mol. The fraction of sp³-hybridized carbons (Fsp3) is 0.400. The van der Waals surface area contributed by atoms with Gasteiger partial charge in [-0.2, -0.15) is 0 Å². The number of aliphatic carboxylic acids is 1. The second kappa shape index (κ2) is 7.66. The zero-order valence-corrected chi connectivity index (χ0v) is 13.7. The molecule has 1 aliphatic rings. The quantitative estimate of drug-likeness (QED) is 0.723. The minimum atomic E-state index is -0.989. The van der Waals surface area contributed by atoms with Gasteiger partial charge in [-0.05, 0) is 31.0 Å². The summed E-state index contributed by atoms with van der Waals surface area (Å²) in [5, 5.41) is 9.73. The maximum absolute atomic E-state index is 12.1. The highest BCUT2D eigenvalue weighted by atomic mass is 35.5. The molecule has 0 aromatic heterocycles. The number of benzene rings is 1. The molecule has 6 nitrogen and oxygen atoms in total. The Labute approximate surface area is 143 Å². The first-order valence-electron chi connectivity index (χ1n) is 7.18. The summed E-state index contributed by atoms with van der Waals surface area (Å²) in [7, 11) is 0. The lowest BCUT2D eigenvalue weighted by Crippen LogP contribution is -2.47. The number of carboxylic acid groups (broad SMARTS) is 1. The van der Waals surface area contributed by atoms with E-state index in [2.05, 4.69) is 10.9 Å². The average molecular weight is 359 g/mol. The predicted molar refractivity (Wildman–Crippen MR) is 85.2 cm³/mol. The zero-order chi connectivity index (χ0) is 17.0. The Morgan fingerprint density at radius 3 is 2.30 bits per heavy atom. The molecule has 0 aliphatic heterocycles. The van der Waals surface area contributed by atoms with E-state index in [1.165, 1.54) is 18.2 Å². The summed E-state index contributed by atoms with van der Waals surface area (Å²) in [5.74, 6) is -3.46. The van der Waals surface area contributed by atoms with E-state index in [0.717, 1.165) is 12.8 Å². The summed E-state index contributed by atoms with van der Waals surface area (Å²) in [6.07, 6.45) is 2.52. The highest BCUT2D eigenvalue weighted by Gasteiger charge is 2.35. The van der Waals surface area contributed by atoms with Crippen LogP contribution in [0.5, 0.6) is 0 Å². The smallest absolute Gasteiger partial charge is 0.307 e. The van der Waals surface area contributed by atoms with Crippen LogP contribution in [0.2, 0.25) is 10.0 Å². The van der Waals surface area contributed by atoms with E-state index >= 15 is 0 Å². The lowest BCUT2D eigenvalue weighted by Gasteiger charge is -2.27. The van der Waals surface area contributed by atoms with E-state index in [1.54, 1.807) is 0 Å². The number of halogens is 2. The Morgan fingerprint density at radius 2 is 1.70 bits per heavy atom. The molecule has 0 heterocycles. The van der Waals surface area contributed by atoms with E-state index in [1.807, 2.05) is 0 Å². The number of carboxylic acids is 1. The first kappa shape index (κ1) is 17.6. The van der Waals surface area contributed by atoms with Gasteiger partial charge in [0.2, 0.25) is 5.91 Å². The second-order valence-electron chi connectivity index (χ2n) is 5.40. The van der Waals surface area contributed by atoms with Gasteiger partial charge in [0.25, 0.3) is 5.91 Å². The third-order valence-corrected chi connectivity index (χ3v) is 4.44. The minimum Gasteiger partial charge on any atom is -0.481 e. The van der Waals surface area contributed by atoms with Crippen molar-refractivity contribution in [3.05, 3.63) is 33.8 Å². The van der Waals surface area contributed by atoms with Crippen LogP contribution < -0.4 is 10.9 Å². The lowest BCUT2D eigenvalue weighted by atomic mass is 9.79. The Morgan fingerprint density at radius 1 is 1.04 bits per heavy atom. The van der Waals surface area contributed by atoms with Crippen molar-refractivity contribution in [1.82, 2.24) is 10.9 Å². The van der Waals surface area contributed by atoms with Crippen LogP contribution in [-0.2, 0) is 9.59 Å². The highest BCUT2D eigenvalue weighted by Crippen LogP contribution is 2.30. The average Bonchev–Trinajstić information content (AvgIpc) is 2.52. The molecule has 2 amide bonds. The standard InChI is InChI=1S/C15H16Cl2N2O4/c16-8-5-6-11(12(17)7-8)14(21)19-18-13(20)9-3-1-2-4-10(9)15(22)23/h5-7,9-10H,1-4H2,(H,18,20)(H,19,21)(H,22,23)/t9-,10+/m1/s1. The van der Waals surface area contributed by atoms with Crippen molar-refractivity contribution in [2.24, 2.45) is 11.8 Å². The normalized spacial score (nSPS) is 20.6. The van der Waals surface area contributed by atoms with Gasteiger partial charge in [0, 0.05) is 5.02 Å². The topological polar surface area (TPSA) is 95.5 Å². The number of carbonyl (C=O) groups excluding carboxylic acids is 2. The number of hydrogen-bond donors (Lipinski definition) is 3. The van der Waals surface area contributed by atoms with Gasteiger partial charge < -0.3 is 5.11 Å². The van der Waals surface area contributed by atoms with E-state index in [-0.39, 0.29) is 10.6 Å². The summed E-state index contributed by atoms with van der Waals surface area (Å²) < 4.78 is 0. The third kappa shape index (κ3) is 4.36. The van der Waals surface area contributed by atoms with Crippen molar-refractivity contribution in [1.29, 1.82) is 0 Å². The van der Waals surface area contributed by atoms with Crippen LogP contribution in [0.1, 0.15) is 36.0 Å². The zero-order valence-electron chi connectivity index (χ0n) is 12.1. The highest BCUT2D eigenvalue weighted by molar-refractivity contribution is 6.36. The van der Waals surface area contributed by atoms with Crippen LogP contribution in [0.15, 0.2) is 18.2 Å². The fourth-order valence-corrected chi connectivity index (χ4v) is 3.19. The molecule has 1 saturated carbocycles. The lowest BCUT2D eigenvalue weighted by molar-refractivity contribution is -0.149. The largest absolute Gasteiger partial charge is 0.481 e. The van der Waals surface area contributed by atoms with Crippen LogP contribution in [0.4, 0.5) is 0 Å².